The number of pyridine rings is 1. The van der Waals surface area contributed by atoms with Gasteiger partial charge in [-0.1, -0.05) is 23.2 Å². The number of nitrogens with zero attached hydrogens (tertiary/aromatic N) is 1. The van der Waals surface area contributed by atoms with Crippen LogP contribution in [0.3, 0.4) is 0 Å². The van der Waals surface area contributed by atoms with Crippen molar-refractivity contribution in [2.75, 3.05) is 0 Å². The van der Waals surface area contributed by atoms with Crippen LogP contribution in [0.15, 0.2) is 12.1 Å². The van der Waals surface area contributed by atoms with Gasteiger partial charge in [0.15, 0.2) is 0 Å². The first kappa shape index (κ1) is 9.78. The van der Waals surface area contributed by atoms with Crippen LogP contribution in [0.4, 0.5) is 0 Å². The SMILES string of the molecule is CC(N)Cc1cc(Cl)nc(Cl)c1. The van der Waals surface area contributed by atoms with Crippen molar-refractivity contribution >= 4 is 23.2 Å². The van der Waals surface area contributed by atoms with Gasteiger partial charge in [0.2, 0.25) is 0 Å². The lowest BCUT2D eigenvalue weighted by Crippen LogP contribution is -2.17. The molecule has 0 radical (unpaired) electrons. The minimum absolute atomic E-state index is 0.111. The fourth-order valence-corrected chi connectivity index (χ4v) is 1.51. The van der Waals surface area contributed by atoms with Crippen LogP contribution in [0.5, 0.6) is 0 Å². The highest BCUT2D eigenvalue weighted by atomic mass is 35.5. The quantitative estimate of drug-likeness (QED) is 0.752. The van der Waals surface area contributed by atoms with Crippen molar-refractivity contribution in [1.82, 2.24) is 4.98 Å². The summed E-state index contributed by atoms with van der Waals surface area (Å²) in [7, 11) is 0. The van der Waals surface area contributed by atoms with Crippen LogP contribution in [-0.2, 0) is 6.42 Å². The number of halogens is 2. The van der Waals surface area contributed by atoms with Crippen LogP contribution >= 0.6 is 23.2 Å². The lowest BCUT2D eigenvalue weighted by atomic mass is 10.1. The van der Waals surface area contributed by atoms with Crippen molar-refractivity contribution in [1.29, 1.82) is 0 Å². The second kappa shape index (κ2) is 4.08. The van der Waals surface area contributed by atoms with E-state index in [1.165, 1.54) is 0 Å². The van der Waals surface area contributed by atoms with E-state index >= 15 is 0 Å². The fraction of sp³-hybridized carbons (Fsp3) is 0.375. The highest BCUT2D eigenvalue weighted by molar-refractivity contribution is 6.32. The number of nitrogens with two attached hydrogens (primary N) is 1. The van der Waals surface area contributed by atoms with Gasteiger partial charge in [-0.15, -0.1) is 0 Å². The van der Waals surface area contributed by atoms with Crippen LogP contribution in [0.2, 0.25) is 10.3 Å². The van der Waals surface area contributed by atoms with Gasteiger partial charge in [-0.2, -0.15) is 0 Å². The van der Waals surface area contributed by atoms with Gasteiger partial charge in [-0.25, -0.2) is 4.98 Å². The zero-order chi connectivity index (χ0) is 9.14. The minimum atomic E-state index is 0.111. The van der Waals surface area contributed by atoms with E-state index in [0.717, 1.165) is 12.0 Å². The van der Waals surface area contributed by atoms with Crippen molar-refractivity contribution in [3.63, 3.8) is 0 Å². The van der Waals surface area contributed by atoms with Gasteiger partial charge in [0.25, 0.3) is 0 Å². The standard InChI is InChI=1S/C8H10Cl2N2/c1-5(11)2-6-3-7(9)12-8(10)4-6/h3-5H,2,11H2,1H3. The van der Waals surface area contributed by atoms with Crippen molar-refractivity contribution in [3.05, 3.63) is 28.0 Å². The molecule has 2 N–H and O–H groups in total. The van der Waals surface area contributed by atoms with Crippen LogP contribution in [0, 0.1) is 0 Å². The highest BCUT2D eigenvalue weighted by Crippen LogP contribution is 2.15. The second-order valence-electron chi connectivity index (χ2n) is 2.80. The smallest absolute Gasteiger partial charge is 0.131 e. The zero-order valence-electron chi connectivity index (χ0n) is 6.72. The van der Waals surface area contributed by atoms with Gasteiger partial charge in [0, 0.05) is 6.04 Å². The third-order valence-electron chi connectivity index (χ3n) is 1.38. The Morgan fingerprint density at radius 1 is 1.42 bits per heavy atom. The second-order valence-corrected chi connectivity index (χ2v) is 3.58. The van der Waals surface area contributed by atoms with Crippen LogP contribution < -0.4 is 5.73 Å². The van der Waals surface area contributed by atoms with Gasteiger partial charge >= 0.3 is 0 Å². The molecular formula is C8H10Cl2N2. The first-order valence-electron chi connectivity index (χ1n) is 3.65. The topological polar surface area (TPSA) is 38.9 Å². The monoisotopic (exact) mass is 204 g/mol. The molecule has 1 atom stereocenters. The van der Waals surface area contributed by atoms with Gasteiger partial charge < -0.3 is 5.73 Å². The number of aromatic nitrogens is 1. The predicted molar refractivity (Wildman–Crippen MR) is 51.6 cm³/mol. The van der Waals surface area contributed by atoms with Crippen LogP contribution in [0.25, 0.3) is 0 Å². The Morgan fingerprint density at radius 3 is 2.33 bits per heavy atom. The molecule has 4 heteroatoms. The third kappa shape index (κ3) is 2.97. The van der Waals surface area contributed by atoms with Crippen molar-refractivity contribution < 1.29 is 0 Å². The summed E-state index contributed by atoms with van der Waals surface area (Å²) in [6, 6.07) is 3.66. The maximum Gasteiger partial charge on any atom is 0.131 e. The molecule has 0 amide bonds. The maximum atomic E-state index is 5.70. The molecule has 1 rings (SSSR count). The molecular weight excluding hydrogens is 195 g/mol. The molecule has 0 aliphatic heterocycles. The van der Waals surface area contributed by atoms with Gasteiger partial charge in [-0.3, -0.25) is 0 Å². The molecule has 0 aliphatic carbocycles. The van der Waals surface area contributed by atoms with Gasteiger partial charge in [0.05, 0.1) is 0 Å². The average molecular weight is 205 g/mol. The average Bonchev–Trinajstić information content (AvgIpc) is 1.81. The van der Waals surface area contributed by atoms with E-state index in [1.807, 2.05) is 6.92 Å². The molecule has 12 heavy (non-hydrogen) atoms. The Morgan fingerprint density at radius 2 is 1.92 bits per heavy atom. The van der Waals surface area contributed by atoms with Crippen molar-refractivity contribution in [3.8, 4) is 0 Å². The molecule has 1 unspecified atom stereocenters. The summed E-state index contributed by atoms with van der Waals surface area (Å²) >= 11 is 11.4. The first-order chi connectivity index (χ1) is 5.58. The van der Waals surface area contributed by atoms with Gasteiger partial charge in [0.1, 0.15) is 10.3 Å². The van der Waals surface area contributed by atoms with E-state index in [0.29, 0.717) is 10.3 Å². The first-order valence-corrected chi connectivity index (χ1v) is 4.41. The van der Waals surface area contributed by atoms with Gasteiger partial charge in [-0.05, 0) is 31.0 Å². The molecule has 0 aromatic carbocycles. The number of hydrogen-bond acceptors (Lipinski definition) is 2. The van der Waals surface area contributed by atoms with Crippen molar-refractivity contribution in [2.45, 2.75) is 19.4 Å². The molecule has 1 aromatic heterocycles. The number of rotatable bonds is 2. The lowest BCUT2D eigenvalue weighted by Gasteiger charge is -2.05. The molecule has 0 aliphatic rings. The largest absolute Gasteiger partial charge is 0.328 e. The van der Waals surface area contributed by atoms with E-state index in [9.17, 15) is 0 Å². The van der Waals surface area contributed by atoms with Crippen LogP contribution in [-0.4, -0.2) is 11.0 Å². The molecule has 2 nitrogen and oxygen atoms in total. The minimum Gasteiger partial charge on any atom is -0.328 e. The third-order valence-corrected chi connectivity index (χ3v) is 1.77. The Balaban J connectivity index is 2.85. The molecule has 0 saturated heterocycles. The lowest BCUT2D eigenvalue weighted by molar-refractivity contribution is 0.737. The highest BCUT2D eigenvalue weighted by Gasteiger charge is 2.01. The zero-order valence-corrected chi connectivity index (χ0v) is 8.23. The summed E-state index contributed by atoms with van der Waals surface area (Å²) in [5.74, 6) is 0. The summed E-state index contributed by atoms with van der Waals surface area (Å²) in [5.41, 5.74) is 6.64. The molecule has 66 valence electrons. The Kier molecular flexibility index (Phi) is 3.32. The van der Waals surface area contributed by atoms with E-state index in [4.69, 9.17) is 28.9 Å². The Hall–Kier alpha value is -0.310. The molecule has 0 fully saturated rings. The molecule has 0 bridgehead atoms. The molecule has 1 heterocycles. The fourth-order valence-electron chi connectivity index (χ4n) is 1.00. The van der Waals surface area contributed by atoms with Crippen molar-refractivity contribution in [2.24, 2.45) is 5.73 Å². The normalized spacial score (nSPS) is 13.0. The summed E-state index contributed by atoms with van der Waals surface area (Å²) in [4.78, 5) is 3.83. The van der Waals surface area contributed by atoms with E-state index < -0.39 is 0 Å². The summed E-state index contributed by atoms with van der Waals surface area (Å²) in [5, 5.41) is 0.830. The summed E-state index contributed by atoms with van der Waals surface area (Å²) in [6.45, 7) is 1.93. The molecule has 0 saturated carbocycles. The molecule has 1 aromatic rings. The number of hydrogen-bond donors (Lipinski definition) is 1. The maximum absolute atomic E-state index is 5.70. The summed E-state index contributed by atoms with van der Waals surface area (Å²) in [6.07, 6.45) is 0.766. The van der Waals surface area contributed by atoms with Crippen LogP contribution in [0.1, 0.15) is 12.5 Å². The van der Waals surface area contributed by atoms with E-state index in [-0.39, 0.29) is 6.04 Å². The predicted octanol–water partition coefficient (Wildman–Crippen LogP) is 2.28. The van der Waals surface area contributed by atoms with E-state index in [1.54, 1.807) is 12.1 Å². The Bertz CT molecular complexity index is 254. The summed E-state index contributed by atoms with van der Waals surface area (Å²) < 4.78 is 0. The van der Waals surface area contributed by atoms with E-state index in [2.05, 4.69) is 4.98 Å². The Labute approximate surface area is 81.7 Å². The molecule has 0 spiro atoms.